The molecule has 0 spiro atoms. The molecule has 30 heavy (non-hydrogen) atoms. The molecule has 1 aliphatic rings. The molecule has 2 heterocycles. The monoisotopic (exact) mass is 412 g/mol. The molecule has 1 aromatic heterocycles. The van der Waals surface area contributed by atoms with Gasteiger partial charge in [0.2, 0.25) is 5.91 Å². The Hall–Kier alpha value is -2.58. The highest BCUT2D eigenvalue weighted by atomic mass is 16.7. The number of esters is 1. The number of hydrogen-bond acceptors (Lipinski definition) is 5. The SMILES string of the molecule is CCOC(=O)c1cc2ccc(C=C(CNC(C)=O)B3OC(C)(C)C(C)(C)O3)cc2[nH]1. The molecule has 0 saturated carbocycles. The summed E-state index contributed by atoms with van der Waals surface area (Å²) in [5, 5.41) is 3.74. The first-order chi connectivity index (χ1) is 14.0. The van der Waals surface area contributed by atoms with Crippen LogP contribution in [-0.2, 0) is 18.8 Å². The summed E-state index contributed by atoms with van der Waals surface area (Å²) in [5.74, 6) is -0.509. The van der Waals surface area contributed by atoms with Gasteiger partial charge in [0.1, 0.15) is 5.69 Å². The van der Waals surface area contributed by atoms with E-state index in [4.69, 9.17) is 14.0 Å². The molecule has 1 amide bonds. The van der Waals surface area contributed by atoms with Crippen LogP contribution >= 0.6 is 0 Å². The first kappa shape index (κ1) is 22.1. The van der Waals surface area contributed by atoms with Crippen molar-refractivity contribution in [3.05, 3.63) is 41.0 Å². The van der Waals surface area contributed by atoms with Gasteiger partial charge in [0, 0.05) is 24.4 Å². The van der Waals surface area contributed by atoms with Gasteiger partial charge < -0.3 is 24.3 Å². The van der Waals surface area contributed by atoms with Crippen LogP contribution in [0.5, 0.6) is 0 Å². The normalized spacial score (nSPS) is 17.9. The van der Waals surface area contributed by atoms with Gasteiger partial charge in [-0.25, -0.2) is 4.79 Å². The average Bonchev–Trinajstić information content (AvgIpc) is 3.16. The first-order valence-corrected chi connectivity index (χ1v) is 10.1. The maximum Gasteiger partial charge on any atom is 0.492 e. The summed E-state index contributed by atoms with van der Waals surface area (Å²) in [5.41, 5.74) is 1.97. The van der Waals surface area contributed by atoms with Crippen LogP contribution in [0.1, 0.15) is 57.6 Å². The Bertz CT molecular complexity index is 977. The number of amides is 1. The maximum absolute atomic E-state index is 12.0. The third-order valence-corrected chi connectivity index (χ3v) is 5.59. The van der Waals surface area contributed by atoms with Crippen LogP contribution in [0.2, 0.25) is 0 Å². The van der Waals surface area contributed by atoms with E-state index in [0.717, 1.165) is 21.9 Å². The van der Waals surface area contributed by atoms with E-state index >= 15 is 0 Å². The van der Waals surface area contributed by atoms with Gasteiger partial charge in [-0.15, -0.1) is 0 Å². The Morgan fingerprint density at radius 2 is 1.83 bits per heavy atom. The van der Waals surface area contributed by atoms with Crippen molar-refractivity contribution in [2.24, 2.45) is 0 Å². The maximum atomic E-state index is 12.0. The molecule has 1 aliphatic heterocycles. The first-order valence-electron chi connectivity index (χ1n) is 10.1. The molecule has 0 aliphatic carbocycles. The Labute approximate surface area is 177 Å². The highest BCUT2D eigenvalue weighted by molar-refractivity contribution is 6.56. The number of fused-ring (bicyclic) bond motifs is 1. The number of carbonyl (C=O) groups is 2. The summed E-state index contributed by atoms with van der Waals surface area (Å²) >= 11 is 0. The van der Waals surface area contributed by atoms with E-state index in [9.17, 15) is 9.59 Å². The Morgan fingerprint density at radius 3 is 2.43 bits per heavy atom. The number of benzene rings is 1. The molecule has 0 radical (unpaired) electrons. The summed E-state index contributed by atoms with van der Waals surface area (Å²) in [6.07, 6.45) is 1.95. The van der Waals surface area contributed by atoms with E-state index in [-0.39, 0.29) is 11.9 Å². The summed E-state index contributed by atoms with van der Waals surface area (Å²) in [6, 6.07) is 7.59. The number of ether oxygens (including phenoxy) is 1. The van der Waals surface area contributed by atoms with Crippen LogP contribution in [0, 0.1) is 0 Å². The lowest BCUT2D eigenvalue weighted by Crippen LogP contribution is -2.41. The molecule has 1 aromatic carbocycles. The topological polar surface area (TPSA) is 89.7 Å². The van der Waals surface area contributed by atoms with Gasteiger partial charge in [0.15, 0.2) is 0 Å². The molecule has 3 rings (SSSR count). The second-order valence-electron chi connectivity index (χ2n) is 8.47. The zero-order valence-corrected chi connectivity index (χ0v) is 18.4. The van der Waals surface area contributed by atoms with Gasteiger partial charge in [0.05, 0.1) is 17.8 Å². The van der Waals surface area contributed by atoms with E-state index in [1.54, 1.807) is 13.0 Å². The Balaban J connectivity index is 1.93. The van der Waals surface area contributed by atoms with Crippen LogP contribution < -0.4 is 5.32 Å². The van der Waals surface area contributed by atoms with Crippen molar-refractivity contribution in [1.82, 2.24) is 10.3 Å². The minimum Gasteiger partial charge on any atom is -0.461 e. The molecule has 2 N–H and O–H groups in total. The fourth-order valence-electron chi connectivity index (χ4n) is 3.19. The number of aromatic amines is 1. The van der Waals surface area contributed by atoms with E-state index in [1.807, 2.05) is 52.0 Å². The molecule has 1 fully saturated rings. The molecule has 0 unspecified atom stereocenters. The lowest BCUT2D eigenvalue weighted by Gasteiger charge is -2.32. The number of aromatic nitrogens is 1. The van der Waals surface area contributed by atoms with E-state index in [1.165, 1.54) is 6.92 Å². The minimum atomic E-state index is -0.573. The summed E-state index contributed by atoms with van der Waals surface area (Å²) < 4.78 is 17.4. The molecule has 1 saturated heterocycles. The van der Waals surface area contributed by atoms with Crippen molar-refractivity contribution in [2.75, 3.05) is 13.2 Å². The van der Waals surface area contributed by atoms with Gasteiger partial charge in [-0.1, -0.05) is 18.2 Å². The van der Waals surface area contributed by atoms with Crippen molar-refractivity contribution in [1.29, 1.82) is 0 Å². The molecule has 160 valence electrons. The lowest BCUT2D eigenvalue weighted by molar-refractivity contribution is -0.118. The number of hydrogen-bond donors (Lipinski definition) is 2. The van der Waals surface area contributed by atoms with Gasteiger partial charge in [-0.05, 0) is 57.8 Å². The van der Waals surface area contributed by atoms with Crippen LogP contribution in [0.4, 0.5) is 0 Å². The standard InChI is InChI=1S/C22H29BN2O5/c1-7-28-20(27)19-12-16-9-8-15(11-18(16)25-19)10-17(13-24-14(2)26)23-29-21(3,4)22(5,6)30-23/h8-12,25H,7,13H2,1-6H3,(H,24,26). The van der Waals surface area contributed by atoms with Crippen molar-refractivity contribution in [3.8, 4) is 0 Å². The number of nitrogens with one attached hydrogen (secondary N) is 2. The van der Waals surface area contributed by atoms with Crippen LogP contribution in [-0.4, -0.2) is 48.3 Å². The summed E-state index contributed by atoms with van der Waals surface area (Å²) in [4.78, 5) is 26.6. The van der Waals surface area contributed by atoms with E-state index in [2.05, 4.69) is 10.3 Å². The van der Waals surface area contributed by atoms with Crippen LogP contribution in [0.25, 0.3) is 17.0 Å². The average molecular weight is 412 g/mol. The van der Waals surface area contributed by atoms with E-state index < -0.39 is 18.3 Å². The molecule has 8 heteroatoms. The molecular formula is C22H29BN2O5. The molecule has 0 bridgehead atoms. The Morgan fingerprint density at radius 1 is 1.17 bits per heavy atom. The number of carbonyl (C=O) groups excluding carboxylic acids is 2. The van der Waals surface area contributed by atoms with Gasteiger partial charge in [-0.3, -0.25) is 4.79 Å². The van der Waals surface area contributed by atoms with E-state index in [0.29, 0.717) is 18.8 Å². The fraction of sp³-hybridized carbons (Fsp3) is 0.455. The summed E-state index contributed by atoms with van der Waals surface area (Å²) in [6.45, 7) is 11.8. The largest absolute Gasteiger partial charge is 0.492 e. The van der Waals surface area contributed by atoms with Gasteiger partial charge in [-0.2, -0.15) is 0 Å². The predicted octanol–water partition coefficient (Wildman–Crippen LogP) is 3.50. The number of rotatable bonds is 6. The van der Waals surface area contributed by atoms with Crippen molar-refractivity contribution in [3.63, 3.8) is 0 Å². The van der Waals surface area contributed by atoms with Crippen molar-refractivity contribution < 1.29 is 23.6 Å². The molecule has 7 nitrogen and oxygen atoms in total. The minimum absolute atomic E-state index is 0.128. The highest BCUT2D eigenvalue weighted by Gasteiger charge is 2.52. The van der Waals surface area contributed by atoms with Crippen LogP contribution in [0.3, 0.4) is 0 Å². The number of H-pyrrole nitrogens is 1. The summed E-state index contributed by atoms with van der Waals surface area (Å²) in [7, 11) is -0.573. The molecular weight excluding hydrogens is 383 g/mol. The zero-order valence-electron chi connectivity index (χ0n) is 18.4. The molecule has 0 atom stereocenters. The second kappa shape index (κ2) is 8.28. The third-order valence-electron chi connectivity index (χ3n) is 5.59. The third kappa shape index (κ3) is 4.60. The Kier molecular flexibility index (Phi) is 6.10. The molecule has 2 aromatic rings. The smallest absolute Gasteiger partial charge is 0.461 e. The van der Waals surface area contributed by atoms with Gasteiger partial charge >= 0.3 is 13.1 Å². The second-order valence-corrected chi connectivity index (χ2v) is 8.47. The lowest BCUT2D eigenvalue weighted by atomic mass is 9.77. The predicted molar refractivity (Wildman–Crippen MR) is 117 cm³/mol. The quantitative estimate of drug-likeness (QED) is 0.560. The fourth-order valence-corrected chi connectivity index (χ4v) is 3.19. The van der Waals surface area contributed by atoms with Crippen molar-refractivity contribution in [2.45, 2.75) is 52.7 Å². The zero-order chi connectivity index (χ0) is 22.1. The van der Waals surface area contributed by atoms with Crippen LogP contribution in [0.15, 0.2) is 29.7 Å². The highest BCUT2D eigenvalue weighted by Crippen LogP contribution is 2.38. The van der Waals surface area contributed by atoms with Gasteiger partial charge in [0.25, 0.3) is 0 Å². The van der Waals surface area contributed by atoms with Crippen molar-refractivity contribution >= 4 is 36.0 Å².